The molecular weight excluding hydrogens is 317 g/mol. The SMILES string of the molecule is CC(C)C.COC(=O)C1(C(F)(F)F)CC2CC1C1C3CCC(C3)C21. The van der Waals surface area contributed by atoms with Crippen molar-refractivity contribution >= 4 is 5.97 Å². The Morgan fingerprint density at radius 3 is 2.08 bits per heavy atom. The van der Waals surface area contributed by atoms with Gasteiger partial charge in [-0.2, -0.15) is 13.2 Å². The molecular formula is C19H29F3O2. The van der Waals surface area contributed by atoms with Gasteiger partial charge in [0.05, 0.1) is 7.11 Å². The third-order valence-corrected chi connectivity index (χ3v) is 6.89. The predicted molar refractivity (Wildman–Crippen MR) is 85.0 cm³/mol. The quantitative estimate of drug-likeness (QED) is 0.489. The zero-order chi connectivity index (χ0) is 17.9. The Labute approximate surface area is 142 Å². The van der Waals surface area contributed by atoms with E-state index in [1.807, 2.05) is 0 Å². The lowest BCUT2D eigenvalue weighted by molar-refractivity contribution is -0.255. The number of esters is 1. The van der Waals surface area contributed by atoms with E-state index in [-0.39, 0.29) is 18.3 Å². The van der Waals surface area contributed by atoms with Gasteiger partial charge in [0.15, 0.2) is 5.41 Å². The van der Waals surface area contributed by atoms with Crippen molar-refractivity contribution in [3.05, 3.63) is 0 Å². The molecule has 4 bridgehead atoms. The Morgan fingerprint density at radius 1 is 1.04 bits per heavy atom. The molecule has 138 valence electrons. The fourth-order valence-electron chi connectivity index (χ4n) is 6.49. The average molecular weight is 346 g/mol. The fraction of sp³-hybridized carbons (Fsp3) is 0.947. The van der Waals surface area contributed by atoms with E-state index in [4.69, 9.17) is 0 Å². The molecule has 2 nitrogen and oxygen atoms in total. The Bertz CT molecular complexity index is 499. The van der Waals surface area contributed by atoms with E-state index in [1.165, 1.54) is 6.42 Å². The first-order valence-electron chi connectivity index (χ1n) is 9.28. The van der Waals surface area contributed by atoms with Crippen LogP contribution < -0.4 is 0 Å². The maximum atomic E-state index is 13.7. The molecule has 0 heterocycles. The number of methoxy groups -OCH3 is 1. The van der Waals surface area contributed by atoms with Crippen molar-refractivity contribution in [2.24, 2.45) is 46.8 Å². The first-order valence-corrected chi connectivity index (χ1v) is 9.28. The molecule has 7 atom stereocenters. The number of hydrogen-bond acceptors (Lipinski definition) is 2. The van der Waals surface area contributed by atoms with E-state index < -0.39 is 23.5 Å². The number of hydrogen-bond donors (Lipinski definition) is 0. The minimum absolute atomic E-state index is 0.0295. The number of alkyl halides is 3. The largest absolute Gasteiger partial charge is 0.468 e. The molecule has 0 aromatic rings. The summed E-state index contributed by atoms with van der Waals surface area (Å²) in [5, 5.41) is 0. The molecule has 5 heteroatoms. The van der Waals surface area contributed by atoms with Crippen LogP contribution in [-0.2, 0) is 9.53 Å². The monoisotopic (exact) mass is 346 g/mol. The van der Waals surface area contributed by atoms with Crippen molar-refractivity contribution in [3.8, 4) is 0 Å². The Hall–Kier alpha value is -0.740. The van der Waals surface area contributed by atoms with E-state index in [1.54, 1.807) is 0 Å². The van der Waals surface area contributed by atoms with E-state index in [2.05, 4.69) is 25.5 Å². The van der Waals surface area contributed by atoms with Gasteiger partial charge in [0.25, 0.3) is 0 Å². The third-order valence-electron chi connectivity index (χ3n) is 6.89. The summed E-state index contributed by atoms with van der Waals surface area (Å²) in [4.78, 5) is 12.0. The fourth-order valence-corrected chi connectivity index (χ4v) is 6.49. The van der Waals surface area contributed by atoms with E-state index >= 15 is 0 Å². The van der Waals surface area contributed by atoms with Gasteiger partial charge >= 0.3 is 12.1 Å². The highest BCUT2D eigenvalue weighted by Gasteiger charge is 2.77. The predicted octanol–water partition coefficient (Wildman–Crippen LogP) is 5.07. The lowest BCUT2D eigenvalue weighted by atomic mass is 9.60. The molecule has 0 spiro atoms. The second kappa shape index (κ2) is 5.91. The molecule has 0 saturated heterocycles. The van der Waals surface area contributed by atoms with Crippen LogP contribution in [0.25, 0.3) is 0 Å². The van der Waals surface area contributed by atoms with Crippen molar-refractivity contribution in [3.63, 3.8) is 0 Å². The highest BCUT2D eigenvalue weighted by molar-refractivity contribution is 5.79. The zero-order valence-corrected chi connectivity index (χ0v) is 15.0. The number of ether oxygens (including phenoxy) is 1. The van der Waals surface area contributed by atoms with Crippen molar-refractivity contribution in [1.82, 2.24) is 0 Å². The van der Waals surface area contributed by atoms with Crippen molar-refractivity contribution in [2.75, 3.05) is 7.11 Å². The van der Waals surface area contributed by atoms with E-state index in [0.29, 0.717) is 24.2 Å². The van der Waals surface area contributed by atoms with Crippen LogP contribution in [0.2, 0.25) is 0 Å². The van der Waals surface area contributed by atoms with Crippen LogP contribution in [0.5, 0.6) is 0 Å². The topological polar surface area (TPSA) is 26.3 Å². The van der Waals surface area contributed by atoms with Gasteiger partial charge in [-0.1, -0.05) is 20.8 Å². The summed E-state index contributed by atoms with van der Waals surface area (Å²) in [5.41, 5.74) is -2.21. The normalized spacial score (nSPS) is 45.2. The Balaban J connectivity index is 0.000000383. The number of fused-ring (bicyclic) bond motifs is 9. The van der Waals surface area contributed by atoms with Gasteiger partial charge in [-0.05, 0) is 73.5 Å². The lowest BCUT2D eigenvalue weighted by Gasteiger charge is -2.45. The number of carbonyl (C=O) groups is 1. The van der Waals surface area contributed by atoms with Crippen molar-refractivity contribution < 1.29 is 22.7 Å². The van der Waals surface area contributed by atoms with Gasteiger partial charge in [-0.3, -0.25) is 4.79 Å². The van der Waals surface area contributed by atoms with E-state index in [9.17, 15) is 18.0 Å². The summed E-state index contributed by atoms with van der Waals surface area (Å²) >= 11 is 0. The molecule has 4 fully saturated rings. The van der Waals surface area contributed by atoms with Gasteiger partial charge < -0.3 is 4.74 Å². The minimum atomic E-state index is -4.48. The van der Waals surface area contributed by atoms with Gasteiger partial charge in [0.1, 0.15) is 0 Å². The lowest BCUT2D eigenvalue weighted by Crippen LogP contribution is -2.54. The van der Waals surface area contributed by atoms with Crippen LogP contribution in [-0.4, -0.2) is 19.3 Å². The molecule has 0 N–H and O–H groups in total. The van der Waals surface area contributed by atoms with Crippen molar-refractivity contribution in [2.45, 2.75) is 59.1 Å². The molecule has 24 heavy (non-hydrogen) atoms. The molecule has 0 aromatic carbocycles. The maximum Gasteiger partial charge on any atom is 0.405 e. The minimum Gasteiger partial charge on any atom is -0.468 e. The van der Waals surface area contributed by atoms with Crippen LogP contribution in [0.4, 0.5) is 13.2 Å². The zero-order valence-electron chi connectivity index (χ0n) is 15.0. The molecule has 7 unspecified atom stereocenters. The Morgan fingerprint density at radius 2 is 1.58 bits per heavy atom. The summed E-state index contributed by atoms with van der Waals surface area (Å²) < 4.78 is 45.7. The first kappa shape index (κ1) is 18.1. The van der Waals surface area contributed by atoms with Crippen LogP contribution in [0.3, 0.4) is 0 Å². The molecule has 4 saturated carbocycles. The van der Waals surface area contributed by atoms with Crippen LogP contribution >= 0.6 is 0 Å². The second-order valence-corrected chi connectivity index (χ2v) is 8.99. The number of halogens is 3. The highest BCUT2D eigenvalue weighted by atomic mass is 19.4. The van der Waals surface area contributed by atoms with Crippen molar-refractivity contribution in [1.29, 1.82) is 0 Å². The second-order valence-electron chi connectivity index (χ2n) is 8.99. The number of carbonyl (C=O) groups excluding carboxylic acids is 1. The standard InChI is InChI=1S/C15H19F3O2.C4H10/c1-20-13(19)14(15(16,17)18)6-9-5-10(14)12-8-3-2-7(4-8)11(9)12;1-4(2)3/h7-12H,2-6H2,1H3;4H,1-3H3. The highest BCUT2D eigenvalue weighted by Crippen LogP contribution is 2.74. The summed E-state index contributed by atoms with van der Waals surface area (Å²) in [7, 11) is 1.08. The third kappa shape index (κ3) is 2.40. The van der Waals surface area contributed by atoms with Gasteiger partial charge in [-0.15, -0.1) is 0 Å². The van der Waals surface area contributed by atoms with Gasteiger partial charge in [0.2, 0.25) is 0 Å². The molecule has 4 aliphatic carbocycles. The smallest absolute Gasteiger partial charge is 0.405 e. The maximum absolute atomic E-state index is 13.7. The van der Waals surface area contributed by atoms with E-state index in [0.717, 1.165) is 25.9 Å². The molecule has 4 rings (SSSR count). The van der Waals surface area contributed by atoms with Crippen LogP contribution in [0.15, 0.2) is 0 Å². The molecule has 0 aliphatic heterocycles. The van der Waals surface area contributed by atoms with Gasteiger partial charge in [0, 0.05) is 0 Å². The first-order chi connectivity index (χ1) is 11.1. The molecule has 0 amide bonds. The van der Waals surface area contributed by atoms with Crippen LogP contribution in [0.1, 0.15) is 52.9 Å². The van der Waals surface area contributed by atoms with Gasteiger partial charge in [-0.25, -0.2) is 0 Å². The molecule has 0 aromatic heterocycles. The van der Waals surface area contributed by atoms with Crippen LogP contribution in [0, 0.1) is 46.8 Å². The number of rotatable bonds is 1. The molecule has 4 aliphatic rings. The summed E-state index contributed by atoms with van der Waals surface area (Å²) in [6.07, 6.45) is -0.588. The summed E-state index contributed by atoms with van der Waals surface area (Å²) in [6.45, 7) is 6.50. The molecule has 0 radical (unpaired) electrons. The Kier molecular flexibility index (Phi) is 4.45. The summed E-state index contributed by atoms with van der Waals surface area (Å²) in [5.74, 6) is 0.975. The summed E-state index contributed by atoms with van der Waals surface area (Å²) in [6, 6.07) is 0. The average Bonchev–Trinajstić information content (AvgIpc) is 3.21.